The van der Waals surface area contributed by atoms with Gasteiger partial charge in [-0.1, -0.05) is 13.8 Å². The van der Waals surface area contributed by atoms with Gasteiger partial charge in [0.15, 0.2) is 6.17 Å². The molecule has 2 N–H and O–H groups in total. The first-order valence-electron chi connectivity index (χ1n) is 9.94. The summed E-state index contributed by atoms with van der Waals surface area (Å²) < 4.78 is 15.4. The van der Waals surface area contributed by atoms with Gasteiger partial charge in [-0.15, -0.1) is 0 Å². The van der Waals surface area contributed by atoms with Crippen molar-refractivity contribution in [3.05, 3.63) is 27.9 Å². The molecule has 3 heterocycles. The fourth-order valence-corrected chi connectivity index (χ4v) is 3.68. The average Bonchev–Trinajstić information content (AvgIpc) is 2.70. The molecule has 29 heavy (non-hydrogen) atoms. The van der Waals surface area contributed by atoms with Crippen LogP contribution in [0.3, 0.4) is 0 Å². The van der Waals surface area contributed by atoms with E-state index in [2.05, 4.69) is 15.6 Å². The van der Waals surface area contributed by atoms with Crippen molar-refractivity contribution in [3.8, 4) is 0 Å². The average molecular weight is 408 g/mol. The van der Waals surface area contributed by atoms with Gasteiger partial charge in [0.05, 0.1) is 12.4 Å². The number of aryl methyl sites for hydroxylation is 1. The Bertz CT molecular complexity index is 834. The van der Waals surface area contributed by atoms with E-state index in [9.17, 15) is 18.8 Å². The highest BCUT2D eigenvalue weighted by molar-refractivity contribution is 5.82. The SMILES string of the molecule is Cc1ncn(CC(=O)N2CCN(C3NC(=O)C(F)C(C(C)C)N3)CC2)c(=O)c1C. The molecule has 3 rings (SSSR count). The lowest BCUT2D eigenvalue weighted by atomic mass is 9.97. The van der Waals surface area contributed by atoms with Gasteiger partial charge in [0, 0.05) is 37.4 Å². The molecule has 0 aromatic carbocycles. The first-order chi connectivity index (χ1) is 13.7. The van der Waals surface area contributed by atoms with Crippen LogP contribution in [0, 0.1) is 19.8 Å². The van der Waals surface area contributed by atoms with Crippen molar-refractivity contribution in [1.82, 2.24) is 30.0 Å². The number of halogens is 1. The fraction of sp³-hybridized carbons (Fsp3) is 0.684. The quantitative estimate of drug-likeness (QED) is 0.688. The van der Waals surface area contributed by atoms with Gasteiger partial charge in [-0.05, 0) is 19.8 Å². The maximum absolute atomic E-state index is 14.1. The molecule has 2 amide bonds. The largest absolute Gasteiger partial charge is 0.339 e. The minimum atomic E-state index is -1.57. The molecule has 0 saturated carbocycles. The van der Waals surface area contributed by atoms with Gasteiger partial charge >= 0.3 is 0 Å². The Hall–Kier alpha value is -2.33. The number of nitrogens with one attached hydrogen (secondary N) is 2. The molecule has 160 valence electrons. The van der Waals surface area contributed by atoms with Crippen LogP contribution in [-0.4, -0.2) is 75.8 Å². The van der Waals surface area contributed by atoms with E-state index in [-0.39, 0.29) is 23.9 Å². The summed E-state index contributed by atoms with van der Waals surface area (Å²) in [5, 5.41) is 5.83. The molecule has 0 bridgehead atoms. The summed E-state index contributed by atoms with van der Waals surface area (Å²) >= 11 is 0. The van der Waals surface area contributed by atoms with Crippen molar-refractivity contribution in [3.63, 3.8) is 0 Å². The molecule has 1 aromatic heterocycles. The molecule has 2 aliphatic heterocycles. The lowest BCUT2D eigenvalue weighted by Crippen LogP contribution is -2.71. The Morgan fingerprint density at radius 2 is 1.90 bits per heavy atom. The molecule has 3 atom stereocenters. The number of hydrogen-bond donors (Lipinski definition) is 2. The topological polar surface area (TPSA) is 99.6 Å². The van der Waals surface area contributed by atoms with Gasteiger partial charge in [-0.2, -0.15) is 0 Å². The van der Waals surface area contributed by atoms with Crippen LogP contribution in [0.4, 0.5) is 4.39 Å². The number of aromatic nitrogens is 2. The predicted octanol–water partition coefficient (Wildman–Crippen LogP) is -0.630. The van der Waals surface area contributed by atoms with E-state index in [1.165, 1.54) is 10.9 Å². The highest BCUT2D eigenvalue weighted by Crippen LogP contribution is 2.17. The zero-order chi connectivity index (χ0) is 21.3. The van der Waals surface area contributed by atoms with E-state index < -0.39 is 24.4 Å². The standard InChI is InChI=1S/C19H29FN6O3/c1-11(2)16-15(20)17(28)23-19(22-16)25-7-5-24(6-8-25)14(27)9-26-10-21-13(4)12(3)18(26)29/h10-11,15-16,19,22H,5-9H2,1-4H3,(H,23,28). The number of piperazine rings is 1. The summed E-state index contributed by atoms with van der Waals surface area (Å²) in [5.74, 6) is -0.778. The number of carbonyl (C=O) groups excluding carboxylic acids is 2. The molecule has 1 aromatic rings. The third-order valence-electron chi connectivity index (χ3n) is 5.77. The summed E-state index contributed by atoms with van der Waals surface area (Å²) in [5.41, 5.74) is 0.985. The molecule has 9 nitrogen and oxygen atoms in total. The Morgan fingerprint density at radius 3 is 2.52 bits per heavy atom. The van der Waals surface area contributed by atoms with E-state index in [0.717, 1.165) is 0 Å². The molecule has 2 fully saturated rings. The zero-order valence-corrected chi connectivity index (χ0v) is 17.3. The van der Waals surface area contributed by atoms with E-state index in [0.29, 0.717) is 37.4 Å². The maximum atomic E-state index is 14.1. The van der Waals surface area contributed by atoms with Crippen LogP contribution < -0.4 is 16.2 Å². The second-order valence-electron chi connectivity index (χ2n) is 8.05. The van der Waals surface area contributed by atoms with Gasteiger partial charge in [0.25, 0.3) is 11.5 Å². The zero-order valence-electron chi connectivity index (χ0n) is 17.3. The number of carbonyl (C=O) groups is 2. The van der Waals surface area contributed by atoms with Gasteiger partial charge in [0.1, 0.15) is 12.8 Å². The Kier molecular flexibility index (Phi) is 6.33. The third-order valence-corrected chi connectivity index (χ3v) is 5.77. The maximum Gasteiger partial charge on any atom is 0.258 e. The summed E-state index contributed by atoms with van der Waals surface area (Å²) in [6.07, 6.45) is -0.621. The van der Waals surface area contributed by atoms with Crippen molar-refractivity contribution in [1.29, 1.82) is 0 Å². The van der Waals surface area contributed by atoms with Crippen LogP contribution in [0.5, 0.6) is 0 Å². The van der Waals surface area contributed by atoms with Crippen LogP contribution in [0.1, 0.15) is 25.1 Å². The van der Waals surface area contributed by atoms with Crippen molar-refractivity contribution >= 4 is 11.8 Å². The van der Waals surface area contributed by atoms with Gasteiger partial charge in [-0.25, -0.2) is 9.37 Å². The van der Waals surface area contributed by atoms with E-state index in [4.69, 9.17) is 0 Å². The smallest absolute Gasteiger partial charge is 0.258 e. The van der Waals surface area contributed by atoms with E-state index >= 15 is 0 Å². The monoisotopic (exact) mass is 408 g/mol. The lowest BCUT2D eigenvalue weighted by Gasteiger charge is -2.44. The molecule has 3 unspecified atom stereocenters. The summed E-state index contributed by atoms with van der Waals surface area (Å²) in [4.78, 5) is 44.7. The van der Waals surface area contributed by atoms with Crippen LogP contribution in [0.25, 0.3) is 0 Å². The molecule has 0 spiro atoms. The van der Waals surface area contributed by atoms with E-state index in [1.54, 1.807) is 18.7 Å². The van der Waals surface area contributed by atoms with Crippen molar-refractivity contribution in [2.45, 2.75) is 52.7 Å². The third kappa shape index (κ3) is 4.48. The van der Waals surface area contributed by atoms with Crippen molar-refractivity contribution in [2.75, 3.05) is 26.2 Å². The number of alkyl halides is 1. The molecule has 10 heteroatoms. The van der Waals surface area contributed by atoms with Crippen LogP contribution in [-0.2, 0) is 16.1 Å². The Balaban J connectivity index is 1.58. The summed E-state index contributed by atoms with van der Waals surface area (Å²) in [6.45, 7) is 9.15. The highest BCUT2D eigenvalue weighted by Gasteiger charge is 2.40. The fourth-order valence-electron chi connectivity index (χ4n) is 3.68. The number of nitrogens with zero attached hydrogens (tertiary/aromatic N) is 4. The molecular formula is C19H29FN6O3. The van der Waals surface area contributed by atoms with Gasteiger partial charge in [-0.3, -0.25) is 29.2 Å². The lowest BCUT2D eigenvalue weighted by molar-refractivity contribution is -0.139. The minimum Gasteiger partial charge on any atom is -0.339 e. The first-order valence-corrected chi connectivity index (χ1v) is 9.94. The molecule has 2 aliphatic rings. The minimum absolute atomic E-state index is 0.0219. The number of hydrogen-bond acceptors (Lipinski definition) is 6. The Labute approximate surface area is 169 Å². The second-order valence-corrected chi connectivity index (χ2v) is 8.05. The predicted molar refractivity (Wildman–Crippen MR) is 105 cm³/mol. The normalized spacial score (nSPS) is 25.9. The van der Waals surface area contributed by atoms with Crippen LogP contribution >= 0.6 is 0 Å². The van der Waals surface area contributed by atoms with Gasteiger partial charge < -0.3 is 10.2 Å². The second kappa shape index (κ2) is 8.58. The molecule has 0 aliphatic carbocycles. The van der Waals surface area contributed by atoms with Gasteiger partial charge in [0.2, 0.25) is 5.91 Å². The number of rotatable bonds is 4. The van der Waals surface area contributed by atoms with Crippen LogP contribution in [0.15, 0.2) is 11.1 Å². The summed E-state index contributed by atoms with van der Waals surface area (Å²) in [6, 6.07) is -0.544. The number of amides is 2. The van der Waals surface area contributed by atoms with Crippen LogP contribution in [0.2, 0.25) is 0 Å². The van der Waals surface area contributed by atoms with Crippen molar-refractivity contribution < 1.29 is 14.0 Å². The molecule has 0 radical (unpaired) electrons. The molecular weight excluding hydrogens is 379 g/mol. The Morgan fingerprint density at radius 1 is 1.24 bits per heavy atom. The first kappa shape index (κ1) is 21.4. The molecule has 2 saturated heterocycles. The summed E-state index contributed by atoms with van der Waals surface area (Å²) in [7, 11) is 0. The van der Waals surface area contributed by atoms with Crippen molar-refractivity contribution in [2.24, 2.45) is 5.92 Å². The highest BCUT2D eigenvalue weighted by atomic mass is 19.1. The van der Waals surface area contributed by atoms with E-state index in [1.807, 2.05) is 18.7 Å².